The van der Waals surface area contributed by atoms with Crippen molar-refractivity contribution in [2.45, 2.75) is 38.1 Å². The summed E-state index contributed by atoms with van der Waals surface area (Å²) in [5.74, 6) is 0.0651. The lowest BCUT2D eigenvalue weighted by molar-refractivity contribution is 0.0928. The Hall–Kier alpha value is -1.61. The third-order valence-corrected chi connectivity index (χ3v) is 4.79. The summed E-state index contributed by atoms with van der Waals surface area (Å²) in [5.41, 5.74) is 1.89. The normalized spacial score (nSPS) is 16.0. The summed E-state index contributed by atoms with van der Waals surface area (Å²) in [4.78, 5) is 13.5. The van der Waals surface area contributed by atoms with Gasteiger partial charge in [-0.05, 0) is 42.0 Å². The van der Waals surface area contributed by atoms with Gasteiger partial charge < -0.3 is 5.32 Å². The van der Waals surface area contributed by atoms with Gasteiger partial charge in [0.25, 0.3) is 5.91 Å². The molecule has 0 unspecified atom stereocenters. The van der Waals surface area contributed by atoms with Gasteiger partial charge in [-0.2, -0.15) is 0 Å². The third-order valence-electron chi connectivity index (χ3n) is 3.87. The lowest BCUT2D eigenvalue weighted by Crippen LogP contribution is -2.36. The zero-order chi connectivity index (χ0) is 13.8. The molecule has 1 heterocycles. The van der Waals surface area contributed by atoms with Crippen molar-refractivity contribution in [1.29, 1.82) is 0 Å². The van der Waals surface area contributed by atoms with E-state index >= 15 is 0 Å². The second-order valence-electron chi connectivity index (χ2n) is 5.37. The van der Waals surface area contributed by atoms with E-state index in [0.717, 1.165) is 24.0 Å². The Labute approximate surface area is 123 Å². The third kappa shape index (κ3) is 3.10. The highest BCUT2D eigenvalue weighted by atomic mass is 32.1. The van der Waals surface area contributed by atoms with Crippen molar-refractivity contribution in [2.75, 3.05) is 0 Å². The zero-order valence-electron chi connectivity index (χ0n) is 11.5. The highest BCUT2D eigenvalue weighted by Crippen LogP contribution is 2.25. The smallest absolute Gasteiger partial charge is 0.251 e. The molecule has 1 fully saturated rings. The molecule has 1 saturated carbocycles. The van der Waals surface area contributed by atoms with E-state index in [1.54, 1.807) is 11.3 Å². The minimum atomic E-state index is 0.0651. The predicted molar refractivity (Wildman–Crippen MR) is 84.1 cm³/mol. The number of carbonyl (C=O) groups excluding carboxylic acids is 1. The van der Waals surface area contributed by atoms with Gasteiger partial charge in [-0.3, -0.25) is 4.79 Å². The average molecular weight is 285 g/mol. The molecular weight excluding hydrogens is 266 g/mol. The Balaban J connectivity index is 1.73. The first kappa shape index (κ1) is 13.4. The van der Waals surface area contributed by atoms with E-state index in [2.05, 4.69) is 22.8 Å². The number of benzene rings is 1. The molecule has 104 valence electrons. The van der Waals surface area contributed by atoms with Crippen LogP contribution in [0.5, 0.6) is 0 Å². The van der Waals surface area contributed by atoms with E-state index in [9.17, 15) is 4.79 Å². The Morgan fingerprint density at radius 3 is 2.70 bits per heavy atom. The molecule has 20 heavy (non-hydrogen) atoms. The molecule has 1 aliphatic rings. The second kappa shape index (κ2) is 6.23. The zero-order valence-corrected chi connectivity index (χ0v) is 12.3. The minimum Gasteiger partial charge on any atom is -0.349 e. The molecule has 1 aromatic carbocycles. The number of hydrogen-bond acceptors (Lipinski definition) is 2. The fraction of sp³-hybridized carbons (Fsp3) is 0.353. The standard InChI is InChI=1S/C17H19NOS/c19-17(18-15-8-2-1-3-9-15)14-7-4-6-13(12-14)16-10-5-11-20-16/h4-7,10-12,15H,1-3,8-9H2,(H,18,19). The summed E-state index contributed by atoms with van der Waals surface area (Å²) in [7, 11) is 0. The van der Waals surface area contributed by atoms with E-state index < -0.39 is 0 Å². The summed E-state index contributed by atoms with van der Waals surface area (Å²) >= 11 is 1.70. The van der Waals surface area contributed by atoms with Crippen LogP contribution in [0.3, 0.4) is 0 Å². The second-order valence-corrected chi connectivity index (χ2v) is 6.31. The first-order valence-electron chi connectivity index (χ1n) is 7.28. The number of carbonyl (C=O) groups is 1. The van der Waals surface area contributed by atoms with Crippen molar-refractivity contribution in [1.82, 2.24) is 5.32 Å². The average Bonchev–Trinajstić information content (AvgIpc) is 3.03. The molecule has 3 heteroatoms. The van der Waals surface area contributed by atoms with Crippen LogP contribution in [0.1, 0.15) is 42.5 Å². The van der Waals surface area contributed by atoms with Gasteiger partial charge in [0, 0.05) is 16.5 Å². The molecule has 0 atom stereocenters. The summed E-state index contributed by atoms with van der Waals surface area (Å²) in [6.45, 7) is 0. The van der Waals surface area contributed by atoms with Gasteiger partial charge in [0.05, 0.1) is 0 Å². The van der Waals surface area contributed by atoms with Crippen LogP contribution < -0.4 is 5.32 Å². The molecular formula is C17H19NOS. The van der Waals surface area contributed by atoms with Crippen molar-refractivity contribution in [2.24, 2.45) is 0 Å². The van der Waals surface area contributed by atoms with Crippen LogP contribution in [0, 0.1) is 0 Å². The summed E-state index contributed by atoms with van der Waals surface area (Å²) in [5, 5.41) is 5.23. The maximum Gasteiger partial charge on any atom is 0.251 e. The van der Waals surface area contributed by atoms with E-state index in [1.165, 1.54) is 24.1 Å². The van der Waals surface area contributed by atoms with Crippen LogP contribution in [0.15, 0.2) is 41.8 Å². The molecule has 0 saturated heterocycles. The van der Waals surface area contributed by atoms with Crippen molar-refractivity contribution >= 4 is 17.2 Å². The lowest BCUT2D eigenvalue weighted by atomic mass is 9.95. The monoisotopic (exact) mass is 285 g/mol. The predicted octanol–water partition coefficient (Wildman–Crippen LogP) is 4.48. The number of nitrogens with one attached hydrogen (secondary N) is 1. The van der Waals surface area contributed by atoms with Gasteiger partial charge >= 0.3 is 0 Å². The first-order valence-corrected chi connectivity index (χ1v) is 8.16. The topological polar surface area (TPSA) is 29.1 Å². The maximum absolute atomic E-state index is 12.3. The van der Waals surface area contributed by atoms with Crippen LogP contribution in [0.2, 0.25) is 0 Å². The van der Waals surface area contributed by atoms with Crippen molar-refractivity contribution < 1.29 is 4.79 Å². The number of amides is 1. The lowest BCUT2D eigenvalue weighted by Gasteiger charge is -2.22. The summed E-state index contributed by atoms with van der Waals surface area (Å²) < 4.78 is 0. The highest BCUT2D eigenvalue weighted by molar-refractivity contribution is 7.13. The molecule has 1 amide bonds. The molecule has 0 spiro atoms. The largest absolute Gasteiger partial charge is 0.349 e. The molecule has 0 aliphatic heterocycles. The van der Waals surface area contributed by atoms with Crippen LogP contribution in [0.4, 0.5) is 0 Å². The minimum absolute atomic E-state index is 0.0651. The van der Waals surface area contributed by atoms with Crippen molar-refractivity contribution in [3.8, 4) is 10.4 Å². The van der Waals surface area contributed by atoms with Crippen LogP contribution >= 0.6 is 11.3 Å². The van der Waals surface area contributed by atoms with E-state index in [0.29, 0.717) is 6.04 Å². The van der Waals surface area contributed by atoms with Crippen LogP contribution in [-0.2, 0) is 0 Å². The first-order chi connectivity index (χ1) is 9.83. The van der Waals surface area contributed by atoms with Gasteiger partial charge in [-0.25, -0.2) is 0 Å². The summed E-state index contributed by atoms with van der Waals surface area (Å²) in [6.07, 6.45) is 6.02. The maximum atomic E-state index is 12.3. The fourth-order valence-corrected chi connectivity index (χ4v) is 3.50. The summed E-state index contributed by atoms with van der Waals surface area (Å²) in [6, 6.07) is 12.4. The molecule has 0 radical (unpaired) electrons. The van der Waals surface area contributed by atoms with E-state index in [-0.39, 0.29) is 5.91 Å². The van der Waals surface area contributed by atoms with Crippen LogP contribution in [0.25, 0.3) is 10.4 Å². The van der Waals surface area contributed by atoms with Gasteiger partial charge in [0.15, 0.2) is 0 Å². The Bertz CT molecular complexity index is 570. The fourth-order valence-electron chi connectivity index (χ4n) is 2.77. The van der Waals surface area contributed by atoms with Crippen molar-refractivity contribution in [3.63, 3.8) is 0 Å². The van der Waals surface area contributed by atoms with Gasteiger partial charge in [-0.1, -0.05) is 37.5 Å². The Kier molecular flexibility index (Phi) is 4.16. The Morgan fingerprint density at radius 2 is 1.95 bits per heavy atom. The van der Waals surface area contributed by atoms with Crippen molar-refractivity contribution in [3.05, 3.63) is 47.3 Å². The number of thiophene rings is 1. The van der Waals surface area contributed by atoms with E-state index in [1.807, 2.05) is 24.3 Å². The highest BCUT2D eigenvalue weighted by Gasteiger charge is 2.16. The van der Waals surface area contributed by atoms with E-state index in [4.69, 9.17) is 0 Å². The molecule has 2 nitrogen and oxygen atoms in total. The SMILES string of the molecule is O=C(NC1CCCCC1)c1cccc(-c2cccs2)c1. The number of hydrogen-bond donors (Lipinski definition) is 1. The quantitative estimate of drug-likeness (QED) is 0.885. The molecule has 1 aromatic heterocycles. The molecule has 0 bridgehead atoms. The Morgan fingerprint density at radius 1 is 1.10 bits per heavy atom. The number of rotatable bonds is 3. The molecule has 1 aliphatic carbocycles. The molecule has 3 rings (SSSR count). The molecule has 2 aromatic rings. The van der Waals surface area contributed by atoms with Gasteiger partial charge in [0.1, 0.15) is 0 Å². The van der Waals surface area contributed by atoms with Gasteiger partial charge in [-0.15, -0.1) is 11.3 Å². The van der Waals surface area contributed by atoms with Crippen LogP contribution in [-0.4, -0.2) is 11.9 Å². The molecule has 1 N–H and O–H groups in total. The van der Waals surface area contributed by atoms with Gasteiger partial charge in [0.2, 0.25) is 0 Å².